The number of amides is 2. The Balaban J connectivity index is 1.52. The van der Waals surface area contributed by atoms with Crippen LogP contribution in [-0.2, 0) is 4.79 Å². The molecular formula is C19H20N2O5S. The van der Waals surface area contributed by atoms with Crippen molar-refractivity contribution in [3.05, 3.63) is 54.1 Å². The van der Waals surface area contributed by atoms with E-state index in [-0.39, 0.29) is 13.2 Å². The van der Waals surface area contributed by atoms with Crippen LogP contribution in [0.1, 0.15) is 18.0 Å². The molecule has 0 radical (unpaired) electrons. The molecule has 2 aromatic carbocycles. The summed E-state index contributed by atoms with van der Waals surface area (Å²) in [5.74, 6) is 0.864. The van der Waals surface area contributed by atoms with E-state index in [0.29, 0.717) is 29.4 Å². The van der Waals surface area contributed by atoms with Crippen LogP contribution in [0.25, 0.3) is 0 Å². The van der Waals surface area contributed by atoms with E-state index >= 15 is 0 Å². The number of carbonyl (C=O) groups excluding carboxylic acids is 1. The molecular weight excluding hydrogens is 368 g/mol. The molecule has 7 nitrogen and oxygen atoms in total. The Morgan fingerprint density at radius 1 is 1.11 bits per heavy atom. The highest BCUT2D eigenvalue weighted by molar-refractivity contribution is 7.99. The minimum absolute atomic E-state index is 0.134. The van der Waals surface area contributed by atoms with Crippen molar-refractivity contribution in [2.45, 2.75) is 17.4 Å². The zero-order valence-electron chi connectivity index (χ0n) is 14.5. The summed E-state index contributed by atoms with van der Waals surface area (Å²) < 4.78 is 10.6. The lowest BCUT2D eigenvalue weighted by Gasteiger charge is -2.18. The normalized spacial score (nSPS) is 13.0. The molecule has 142 valence electrons. The topological polar surface area (TPSA) is 96.9 Å². The second-order valence-corrected chi connectivity index (χ2v) is 6.99. The van der Waals surface area contributed by atoms with Gasteiger partial charge in [-0.2, -0.15) is 0 Å². The predicted octanol–water partition coefficient (Wildman–Crippen LogP) is 3.02. The fourth-order valence-electron chi connectivity index (χ4n) is 2.62. The van der Waals surface area contributed by atoms with Gasteiger partial charge in [-0.3, -0.25) is 4.79 Å². The molecule has 0 spiro atoms. The van der Waals surface area contributed by atoms with Gasteiger partial charge in [-0.1, -0.05) is 24.3 Å². The lowest BCUT2D eigenvalue weighted by molar-refractivity contribution is -0.137. The number of ether oxygens (including phenoxy) is 2. The Hall–Kier alpha value is -2.87. The third-order valence-electron chi connectivity index (χ3n) is 3.88. The molecule has 3 rings (SSSR count). The van der Waals surface area contributed by atoms with Crippen molar-refractivity contribution in [1.82, 2.24) is 10.6 Å². The second-order valence-electron chi connectivity index (χ2n) is 5.82. The largest absolute Gasteiger partial charge is 0.481 e. The smallest absolute Gasteiger partial charge is 0.315 e. The molecule has 1 aliphatic rings. The van der Waals surface area contributed by atoms with Gasteiger partial charge >= 0.3 is 12.0 Å². The molecule has 2 aromatic rings. The maximum atomic E-state index is 12.2. The van der Waals surface area contributed by atoms with Crippen LogP contribution in [0.3, 0.4) is 0 Å². The van der Waals surface area contributed by atoms with Crippen molar-refractivity contribution in [3.63, 3.8) is 0 Å². The monoisotopic (exact) mass is 388 g/mol. The van der Waals surface area contributed by atoms with Gasteiger partial charge in [0.1, 0.15) is 0 Å². The van der Waals surface area contributed by atoms with Gasteiger partial charge in [-0.25, -0.2) is 4.79 Å². The fourth-order valence-corrected chi connectivity index (χ4v) is 3.41. The van der Waals surface area contributed by atoms with Crippen LogP contribution in [0.2, 0.25) is 0 Å². The highest BCUT2D eigenvalue weighted by atomic mass is 32.2. The van der Waals surface area contributed by atoms with Gasteiger partial charge in [0, 0.05) is 17.2 Å². The molecule has 3 N–H and O–H groups in total. The molecule has 1 heterocycles. The molecule has 1 aliphatic heterocycles. The second kappa shape index (κ2) is 9.18. The van der Waals surface area contributed by atoms with E-state index in [1.165, 1.54) is 0 Å². The van der Waals surface area contributed by atoms with Crippen LogP contribution in [0.5, 0.6) is 11.5 Å². The summed E-state index contributed by atoms with van der Waals surface area (Å²) in [5, 5.41) is 14.6. The SMILES string of the molecule is O=C(O)C[C@H](NC(=O)NCCSc1ccccc1)c1ccc2c(c1)OCO2. The van der Waals surface area contributed by atoms with Gasteiger partial charge in [0.05, 0.1) is 12.5 Å². The van der Waals surface area contributed by atoms with Gasteiger partial charge < -0.3 is 25.2 Å². The number of aliphatic carboxylic acids is 1. The number of nitrogens with one attached hydrogen (secondary N) is 2. The first-order valence-electron chi connectivity index (χ1n) is 8.45. The molecule has 0 bridgehead atoms. The number of thioether (sulfide) groups is 1. The van der Waals surface area contributed by atoms with Crippen LogP contribution in [-0.4, -0.2) is 36.2 Å². The summed E-state index contributed by atoms with van der Waals surface area (Å²) in [7, 11) is 0. The van der Waals surface area contributed by atoms with Crippen LogP contribution >= 0.6 is 11.8 Å². The summed E-state index contributed by atoms with van der Waals surface area (Å²) in [6.07, 6.45) is -0.230. The van der Waals surface area contributed by atoms with Crippen molar-refractivity contribution in [1.29, 1.82) is 0 Å². The van der Waals surface area contributed by atoms with Crippen molar-refractivity contribution < 1.29 is 24.2 Å². The maximum Gasteiger partial charge on any atom is 0.315 e. The number of rotatable bonds is 8. The van der Waals surface area contributed by atoms with Crippen LogP contribution < -0.4 is 20.1 Å². The highest BCUT2D eigenvalue weighted by Gasteiger charge is 2.21. The number of urea groups is 1. The molecule has 0 saturated carbocycles. The Morgan fingerprint density at radius 2 is 1.89 bits per heavy atom. The number of carboxylic acid groups (broad SMARTS) is 1. The first kappa shape index (κ1) is 18.9. The Labute approximate surface area is 161 Å². The average Bonchev–Trinajstić information content (AvgIpc) is 3.13. The molecule has 1 atom stereocenters. The standard InChI is InChI=1S/C19H20N2O5S/c22-18(23)11-15(13-6-7-16-17(10-13)26-12-25-16)21-19(24)20-8-9-27-14-4-2-1-3-5-14/h1-7,10,15H,8-9,11-12H2,(H,22,23)(H2,20,21,24)/t15-/m0/s1. The highest BCUT2D eigenvalue weighted by Crippen LogP contribution is 2.34. The minimum atomic E-state index is -1.00. The van der Waals surface area contributed by atoms with E-state index in [9.17, 15) is 9.59 Å². The molecule has 0 fully saturated rings. The molecule has 2 amide bonds. The fraction of sp³-hybridized carbons (Fsp3) is 0.263. The summed E-state index contributed by atoms with van der Waals surface area (Å²) in [5.41, 5.74) is 0.649. The number of fused-ring (bicyclic) bond motifs is 1. The van der Waals surface area contributed by atoms with E-state index in [1.54, 1.807) is 30.0 Å². The van der Waals surface area contributed by atoms with Crippen molar-refractivity contribution in [2.75, 3.05) is 19.1 Å². The first-order valence-corrected chi connectivity index (χ1v) is 9.44. The molecule has 27 heavy (non-hydrogen) atoms. The van der Waals surface area contributed by atoms with Crippen LogP contribution in [0.15, 0.2) is 53.4 Å². The van der Waals surface area contributed by atoms with Crippen molar-refractivity contribution in [3.8, 4) is 11.5 Å². The van der Waals surface area contributed by atoms with Gasteiger partial charge in [0.25, 0.3) is 0 Å². The Morgan fingerprint density at radius 3 is 2.67 bits per heavy atom. The van der Waals surface area contributed by atoms with Gasteiger partial charge in [0.15, 0.2) is 11.5 Å². The van der Waals surface area contributed by atoms with Crippen molar-refractivity contribution in [2.24, 2.45) is 0 Å². The summed E-state index contributed by atoms with van der Waals surface area (Å²) in [4.78, 5) is 24.5. The zero-order chi connectivity index (χ0) is 19.1. The third-order valence-corrected chi connectivity index (χ3v) is 4.90. The average molecular weight is 388 g/mol. The lowest BCUT2D eigenvalue weighted by atomic mass is 10.0. The number of hydrogen-bond donors (Lipinski definition) is 3. The molecule has 0 aromatic heterocycles. The number of hydrogen-bond acceptors (Lipinski definition) is 5. The summed E-state index contributed by atoms with van der Waals surface area (Å²) in [6, 6.07) is 14.0. The van der Waals surface area contributed by atoms with Crippen molar-refractivity contribution >= 4 is 23.8 Å². The minimum Gasteiger partial charge on any atom is -0.481 e. The number of carboxylic acids is 1. The van der Waals surface area contributed by atoms with Crippen LogP contribution in [0.4, 0.5) is 4.79 Å². The first-order chi connectivity index (χ1) is 13.1. The number of benzene rings is 2. The van der Waals surface area contributed by atoms with E-state index in [4.69, 9.17) is 14.6 Å². The molecule has 0 unspecified atom stereocenters. The molecule has 0 saturated heterocycles. The Kier molecular flexibility index (Phi) is 6.43. The quantitative estimate of drug-likeness (QED) is 0.475. The lowest BCUT2D eigenvalue weighted by Crippen LogP contribution is -2.39. The Bertz CT molecular complexity index is 800. The molecule has 0 aliphatic carbocycles. The third kappa shape index (κ3) is 5.55. The van der Waals surface area contributed by atoms with Gasteiger partial charge in [-0.15, -0.1) is 11.8 Å². The number of carbonyl (C=O) groups is 2. The predicted molar refractivity (Wildman–Crippen MR) is 101 cm³/mol. The van der Waals surface area contributed by atoms with Crippen LogP contribution in [0, 0.1) is 0 Å². The molecule has 8 heteroatoms. The van der Waals surface area contributed by atoms with E-state index < -0.39 is 18.0 Å². The van der Waals surface area contributed by atoms with E-state index in [2.05, 4.69) is 10.6 Å². The van der Waals surface area contributed by atoms with E-state index in [0.717, 1.165) is 4.90 Å². The maximum absolute atomic E-state index is 12.2. The van der Waals surface area contributed by atoms with Gasteiger partial charge in [0.2, 0.25) is 6.79 Å². The summed E-state index contributed by atoms with van der Waals surface area (Å²) in [6.45, 7) is 0.599. The van der Waals surface area contributed by atoms with E-state index in [1.807, 2.05) is 30.3 Å². The summed E-state index contributed by atoms with van der Waals surface area (Å²) >= 11 is 1.63. The van der Waals surface area contributed by atoms with Gasteiger partial charge in [-0.05, 0) is 29.8 Å². The zero-order valence-corrected chi connectivity index (χ0v) is 15.3.